The topological polar surface area (TPSA) is 76.4 Å². The minimum Gasteiger partial charge on any atom is -0.462 e. The van der Waals surface area contributed by atoms with Gasteiger partial charge in [0.05, 0.1) is 12.5 Å². The molecule has 0 saturated heterocycles. The van der Waals surface area contributed by atoms with Crippen LogP contribution in [0.3, 0.4) is 0 Å². The maximum Gasteiger partial charge on any atom is 0.348 e. The number of rotatable bonds is 5. The van der Waals surface area contributed by atoms with Crippen LogP contribution in [0.25, 0.3) is 6.08 Å². The number of carbonyl (C=O) groups excluding carboxylic acids is 2. The van der Waals surface area contributed by atoms with Gasteiger partial charge in [0.1, 0.15) is 17.4 Å². The van der Waals surface area contributed by atoms with Gasteiger partial charge in [-0.05, 0) is 43.5 Å². The lowest BCUT2D eigenvalue weighted by molar-refractivity contribution is -0.138. The van der Waals surface area contributed by atoms with E-state index >= 15 is 0 Å². The van der Waals surface area contributed by atoms with Crippen LogP contribution in [-0.2, 0) is 14.3 Å². The van der Waals surface area contributed by atoms with Crippen molar-refractivity contribution in [2.45, 2.75) is 19.8 Å². The molecule has 0 unspecified atom stereocenters. The number of benzene rings is 1. The van der Waals surface area contributed by atoms with Crippen molar-refractivity contribution in [1.29, 1.82) is 5.26 Å². The number of nitrogens with zero attached hydrogens (tertiary/aromatic N) is 1. The van der Waals surface area contributed by atoms with Crippen LogP contribution in [-0.4, -0.2) is 18.5 Å². The third-order valence-electron chi connectivity index (χ3n) is 2.91. The Morgan fingerprint density at radius 2 is 2.19 bits per heavy atom. The van der Waals surface area contributed by atoms with Crippen LogP contribution in [0.5, 0.6) is 5.75 Å². The lowest BCUT2D eigenvalue weighted by Gasteiger charge is -2.04. The summed E-state index contributed by atoms with van der Waals surface area (Å²) in [4.78, 5) is 23.1. The highest BCUT2D eigenvalue weighted by molar-refractivity contribution is 5.97. The molecule has 0 atom stereocenters. The van der Waals surface area contributed by atoms with Crippen LogP contribution in [0, 0.1) is 17.2 Å². The normalized spacial score (nSPS) is 14.2. The molecule has 0 N–H and O–H groups in total. The summed E-state index contributed by atoms with van der Waals surface area (Å²) in [6.07, 6.45) is 3.16. The Hall–Kier alpha value is -2.61. The first-order chi connectivity index (χ1) is 10.1. The molecule has 1 fully saturated rings. The first kappa shape index (κ1) is 14.8. The Kier molecular flexibility index (Phi) is 4.72. The smallest absolute Gasteiger partial charge is 0.348 e. The van der Waals surface area contributed by atoms with E-state index in [1.807, 2.05) is 0 Å². The molecule has 5 heteroatoms. The number of hydrogen-bond acceptors (Lipinski definition) is 5. The molecule has 21 heavy (non-hydrogen) atoms. The van der Waals surface area contributed by atoms with Gasteiger partial charge in [0.15, 0.2) is 0 Å². The minimum absolute atomic E-state index is 0.0124. The number of esters is 2. The third kappa shape index (κ3) is 4.18. The number of carbonyl (C=O) groups is 2. The molecular weight excluding hydrogens is 270 g/mol. The summed E-state index contributed by atoms with van der Waals surface area (Å²) in [5, 5.41) is 8.98. The van der Waals surface area contributed by atoms with Gasteiger partial charge in [0.2, 0.25) is 0 Å². The van der Waals surface area contributed by atoms with Crippen molar-refractivity contribution in [3.8, 4) is 11.8 Å². The fourth-order valence-corrected chi connectivity index (χ4v) is 1.70. The zero-order valence-corrected chi connectivity index (χ0v) is 11.7. The van der Waals surface area contributed by atoms with Crippen molar-refractivity contribution in [3.63, 3.8) is 0 Å². The highest BCUT2D eigenvalue weighted by atomic mass is 16.5. The van der Waals surface area contributed by atoms with Gasteiger partial charge in [-0.2, -0.15) is 5.26 Å². The molecule has 2 rings (SSSR count). The summed E-state index contributed by atoms with van der Waals surface area (Å²) in [6.45, 7) is 1.88. The molecule has 1 saturated carbocycles. The fourth-order valence-electron chi connectivity index (χ4n) is 1.70. The standard InChI is InChI=1S/C16H15NO4/c1-2-20-15(18)13(10-17)8-11-4-3-5-14(9-11)21-16(19)12-6-7-12/h3-5,8-9,12H,2,6-7H2,1H3/b13-8+. The van der Waals surface area contributed by atoms with Crippen LogP contribution < -0.4 is 4.74 Å². The van der Waals surface area contributed by atoms with Crippen molar-refractivity contribution < 1.29 is 19.1 Å². The van der Waals surface area contributed by atoms with Gasteiger partial charge < -0.3 is 9.47 Å². The van der Waals surface area contributed by atoms with Crippen molar-refractivity contribution >= 4 is 18.0 Å². The second kappa shape index (κ2) is 6.71. The number of ether oxygens (including phenoxy) is 2. The van der Waals surface area contributed by atoms with Gasteiger partial charge in [-0.15, -0.1) is 0 Å². The summed E-state index contributed by atoms with van der Waals surface area (Å²) in [5.74, 6) is -0.484. The summed E-state index contributed by atoms with van der Waals surface area (Å²) in [6, 6.07) is 8.48. The van der Waals surface area contributed by atoms with Crippen LogP contribution >= 0.6 is 0 Å². The molecule has 0 heterocycles. The maximum atomic E-state index is 11.6. The van der Waals surface area contributed by atoms with Gasteiger partial charge in [-0.1, -0.05) is 12.1 Å². The van der Waals surface area contributed by atoms with Gasteiger partial charge >= 0.3 is 11.9 Å². The van der Waals surface area contributed by atoms with E-state index in [1.54, 1.807) is 37.3 Å². The minimum atomic E-state index is -0.666. The number of nitriles is 1. The van der Waals surface area contributed by atoms with Crippen molar-refractivity contribution in [2.24, 2.45) is 5.92 Å². The van der Waals surface area contributed by atoms with Crippen LogP contribution in [0.1, 0.15) is 25.3 Å². The van der Waals surface area contributed by atoms with Gasteiger partial charge in [0.25, 0.3) is 0 Å². The second-order valence-electron chi connectivity index (χ2n) is 4.66. The Labute approximate surface area is 122 Å². The Bertz CT molecular complexity index is 623. The Morgan fingerprint density at radius 3 is 2.81 bits per heavy atom. The molecule has 1 aromatic rings. The Morgan fingerprint density at radius 1 is 1.43 bits per heavy atom. The first-order valence-corrected chi connectivity index (χ1v) is 6.74. The van der Waals surface area contributed by atoms with E-state index in [4.69, 9.17) is 14.7 Å². The zero-order valence-electron chi connectivity index (χ0n) is 11.7. The van der Waals surface area contributed by atoms with E-state index in [2.05, 4.69) is 0 Å². The molecule has 0 radical (unpaired) electrons. The van der Waals surface area contributed by atoms with Gasteiger partial charge in [0, 0.05) is 0 Å². The molecule has 0 spiro atoms. The van der Waals surface area contributed by atoms with Crippen LogP contribution in [0.4, 0.5) is 0 Å². The highest BCUT2D eigenvalue weighted by Crippen LogP contribution is 2.31. The van der Waals surface area contributed by atoms with Crippen molar-refractivity contribution in [1.82, 2.24) is 0 Å². The van der Waals surface area contributed by atoms with E-state index in [9.17, 15) is 9.59 Å². The monoisotopic (exact) mass is 285 g/mol. The largest absolute Gasteiger partial charge is 0.462 e. The zero-order chi connectivity index (χ0) is 15.2. The Balaban J connectivity index is 2.14. The maximum absolute atomic E-state index is 11.6. The quantitative estimate of drug-likeness (QED) is 0.359. The molecule has 1 aromatic carbocycles. The lowest BCUT2D eigenvalue weighted by Crippen LogP contribution is -2.09. The van der Waals surface area contributed by atoms with E-state index < -0.39 is 5.97 Å². The van der Waals surface area contributed by atoms with E-state index in [1.165, 1.54) is 6.08 Å². The molecule has 1 aliphatic rings. The van der Waals surface area contributed by atoms with E-state index in [0.29, 0.717) is 11.3 Å². The molecule has 0 bridgehead atoms. The number of hydrogen-bond donors (Lipinski definition) is 0. The van der Waals surface area contributed by atoms with Crippen LogP contribution in [0.15, 0.2) is 29.8 Å². The average molecular weight is 285 g/mol. The first-order valence-electron chi connectivity index (χ1n) is 6.74. The summed E-state index contributed by atoms with van der Waals surface area (Å²) >= 11 is 0. The molecule has 0 aliphatic heterocycles. The lowest BCUT2D eigenvalue weighted by atomic mass is 10.1. The fraction of sp³-hybridized carbons (Fsp3) is 0.312. The highest BCUT2D eigenvalue weighted by Gasteiger charge is 2.31. The third-order valence-corrected chi connectivity index (χ3v) is 2.91. The molecule has 0 aromatic heterocycles. The van der Waals surface area contributed by atoms with E-state index in [0.717, 1.165) is 12.8 Å². The SMILES string of the molecule is CCOC(=O)/C(C#N)=C/c1cccc(OC(=O)C2CC2)c1. The van der Waals surface area contributed by atoms with Gasteiger partial charge in [-0.3, -0.25) is 4.79 Å². The summed E-state index contributed by atoms with van der Waals surface area (Å²) < 4.78 is 10.0. The predicted octanol–water partition coefficient (Wildman–Crippen LogP) is 2.47. The van der Waals surface area contributed by atoms with Crippen molar-refractivity contribution in [3.05, 3.63) is 35.4 Å². The predicted molar refractivity (Wildman–Crippen MR) is 75.0 cm³/mol. The molecule has 5 nitrogen and oxygen atoms in total. The summed E-state index contributed by atoms with van der Waals surface area (Å²) in [5.41, 5.74) is 0.503. The molecule has 0 amide bonds. The summed E-state index contributed by atoms with van der Waals surface area (Å²) in [7, 11) is 0. The van der Waals surface area contributed by atoms with Crippen LogP contribution in [0.2, 0.25) is 0 Å². The van der Waals surface area contributed by atoms with Gasteiger partial charge in [-0.25, -0.2) is 4.79 Å². The average Bonchev–Trinajstić information content (AvgIpc) is 3.30. The van der Waals surface area contributed by atoms with Crippen molar-refractivity contribution in [2.75, 3.05) is 6.61 Å². The molecule has 1 aliphatic carbocycles. The molecule has 108 valence electrons. The molecular formula is C16H15NO4. The van der Waals surface area contributed by atoms with E-state index in [-0.39, 0.29) is 24.1 Å². The second-order valence-corrected chi connectivity index (χ2v) is 4.66.